The van der Waals surface area contributed by atoms with E-state index in [0.717, 1.165) is 54.3 Å². The summed E-state index contributed by atoms with van der Waals surface area (Å²) in [5.74, 6) is 0. The molecule has 1 saturated heterocycles. The molecule has 4 nitrogen and oxygen atoms in total. The van der Waals surface area contributed by atoms with Crippen LogP contribution in [0, 0.1) is 0 Å². The van der Waals surface area contributed by atoms with E-state index >= 15 is 0 Å². The lowest BCUT2D eigenvalue weighted by Crippen LogP contribution is -2.46. The van der Waals surface area contributed by atoms with Crippen molar-refractivity contribution in [1.82, 2.24) is 14.9 Å². The van der Waals surface area contributed by atoms with E-state index in [0.29, 0.717) is 0 Å². The lowest BCUT2D eigenvalue weighted by Gasteiger charge is -2.36. The van der Waals surface area contributed by atoms with Crippen LogP contribution in [0.15, 0.2) is 55.0 Å². The predicted molar refractivity (Wildman–Crippen MR) is 98.5 cm³/mol. The third kappa shape index (κ3) is 3.21. The van der Waals surface area contributed by atoms with E-state index < -0.39 is 0 Å². The molecule has 0 unspecified atom stereocenters. The molecule has 0 radical (unpaired) electrons. The zero-order valence-electron chi connectivity index (χ0n) is 13.4. The van der Waals surface area contributed by atoms with Crippen LogP contribution < -0.4 is 4.90 Å². The van der Waals surface area contributed by atoms with Crippen LogP contribution >= 0.6 is 11.6 Å². The fourth-order valence-electron chi connectivity index (χ4n) is 3.21. The van der Waals surface area contributed by atoms with Crippen molar-refractivity contribution in [2.24, 2.45) is 0 Å². The molecule has 0 atom stereocenters. The number of nitrogens with zero attached hydrogens (tertiary/aromatic N) is 4. The summed E-state index contributed by atoms with van der Waals surface area (Å²) in [5.41, 5.74) is 3.49. The molecule has 2 aromatic heterocycles. The van der Waals surface area contributed by atoms with Crippen molar-refractivity contribution in [2.45, 2.75) is 6.54 Å². The van der Waals surface area contributed by atoms with Crippen molar-refractivity contribution in [3.05, 3.63) is 65.6 Å². The number of fused-ring (bicyclic) bond motifs is 1. The highest BCUT2D eigenvalue weighted by Gasteiger charge is 2.19. The van der Waals surface area contributed by atoms with Gasteiger partial charge in [-0.2, -0.15) is 0 Å². The highest BCUT2D eigenvalue weighted by atomic mass is 35.5. The molecule has 122 valence electrons. The molecule has 0 amide bonds. The number of rotatable bonds is 3. The van der Waals surface area contributed by atoms with E-state index in [1.165, 1.54) is 5.56 Å². The Morgan fingerprint density at radius 3 is 2.54 bits per heavy atom. The maximum atomic E-state index is 5.96. The van der Waals surface area contributed by atoms with Crippen LogP contribution in [0.3, 0.4) is 0 Å². The van der Waals surface area contributed by atoms with Crippen LogP contribution in [0.5, 0.6) is 0 Å². The standard InChI is InChI=1S/C19H19ClN4/c20-17-5-3-15(4-6-17)14-23-8-10-24(11-9-23)18-13-21-12-16-2-1-7-22-19(16)18/h1-7,12-13H,8-11,14H2. The Labute approximate surface area is 146 Å². The van der Waals surface area contributed by atoms with Gasteiger partial charge in [0.15, 0.2) is 0 Å². The van der Waals surface area contributed by atoms with Gasteiger partial charge in [-0.15, -0.1) is 0 Å². The molecule has 4 rings (SSSR count). The Balaban J connectivity index is 1.45. The first-order chi connectivity index (χ1) is 11.8. The molecule has 3 aromatic rings. The molecule has 24 heavy (non-hydrogen) atoms. The van der Waals surface area contributed by atoms with Crippen LogP contribution in [0.1, 0.15) is 5.56 Å². The van der Waals surface area contributed by atoms with Crippen molar-refractivity contribution in [3.63, 3.8) is 0 Å². The number of halogens is 1. The molecule has 0 N–H and O–H groups in total. The minimum atomic E-state index is 0.791. The topological polar surface area (TPSA) is 32.3 Å². The van der Waals surface area contributed by atoms with Gasteiger partial charge in [0.2, 0.25) is 0 Å². The molecule has 1 aliphatic heterocycles. The number of hydrogen-bond donors (Lipinski definition) is 0. The fraction of sp³-hybridized carbons (Fsp3) is 0.263. The average molecular weight is 339 g/mol. The van der Waals surface area contributed by atoms with Crippen LogP contribution in [-0.4, -0.2) is 41.0 Å². The molecule has 5 heteroatoms. The summed E-state index contributed by atoms with van der Waals surface area (Å²) in [6.45, 7) is 5.02. The van der Waals surface area contributed by atoms with Crippen LogP contribution in [0.2, 0.25) is 5.02 Å². The van der Waals surface area contributed by atoms with Gasteiger partial charge in [-0.3, -0.25) is 14.9 Å². The first-order valence-electron chi connectivity index (χ1n) is 8.20. The number of pyridine rings is 2. The van der Waals surface area contributed by atoms with Gasteiger partial charge >= 0.3 is 0 Å². The van der Waals surface area contributed by atoms with Gasteiger partial charge in [0, 0.05) is 55.5 Å². The Bertz CT molecular complexity index is 821. The van der Waals surface area contributed by atoms with Gasteiger partial charge in [0.25, 0.3) is 0 Å². The summed E-state index contributed by atoms with van der Waals surface area (Å²) < 4.78 is 0. The third-order valence-electron chi connectivity index (χ3n) is 4.52. The summed E-state index contributed by atoms with van der Waals surface area (Å²) in [6.07, 6.45) is 5.66. The SMILES string of the molecule is Clc1ccc(CN2CCN(c3cncc4cccnc34)CC2)cc1. The molecule has 3 heterocycles. The predicted octanol–water partition coefficient (Wildman–Crippen LogP) is 3.61. The third-order valence-corrected chi connectivity index (χ3v) is 4.78. The Morgan fingerprint density at radius 2 is 1.75 bits per heavy atom. The first kappa shape index (κ1) is 15.4. The molecule has 0 spiro atoms. The molecule has 0 aliphatic carbocycles. The van der Waals surface area contributed by atoms with Gasteiger partial charge < -0.3 is 4.90 Å². The number of benzene rings is 1. The van der Waals surface area contributed by atoms with Crippen molar-refractivity contribution < 1.29 is 0 Å². The minimum absolute atomic E-state index is 0.791. The van der Waals surface area contributed by atoms with Crippen LogP contribution in [0.25, 0.3) is 10.9 Å². The van der Waals surface area contributed by atoms with Crippen molar-refractivity contribution in [3.8, 4) is 0 Å². The summed E-state index contributed by atoms with van der Waals surface area (Å²) in [7, 11) is 0. The smallest absolute Gasteiger partial charge is 0.0966 e. The molecule has 1 aliphatic rings. The van der Waals surface area contributed by atoms with Crippen molar-refractivity contribution >= 4 is 28.2 Å². The van der Waals surface area contributed by atoms with E-state index in [2.05, 4.69) is 38.0 Å². The highest BCUT2D eigenvalue weighted by Crippen LogP contribution is 2.24. The Morgan fingerprint density at radius 1 is 0.958 bits per heavy atom. The number of piperazine rings is 1. The second-order valence-electron chi connectivity index (χ2n) is 6.12. The Hall–Kier alpha value is -2.17. The average Bonchev–Trinajstić information content (AvgIpc) is 2.64. The van der Waals surface area contributed by atoms with E-state index in [9.17, 15) is 0 Å². The lowest BCUT2D eigenvalue weighted by atomic mass is 10.2. The summed E-state index contributed by atoms with van der Waals surface area (Å²) in [4.78, 5) is 13.8. The zero-order chi connectivity index (χ0) is 16.4. The zero-order valence-corrected chi connectivity index (χ0v) is 14.2. The largest absolute Gasteiger partial charge is 0.366 e. The van der Waals surface area contributed by atoms with Gasteiger partial charge in [0.1, 0.15) is 0 Å². The highest BCUT2D eigenvalue weighted by molar-refractivity contribution is 6.30. The molecular weight excluding hydrogens is 320 g/mol. The van der Waals surface area contributed by atoms with E-state index in [4.69, 9.17) is 11.6 Å². The normalized spacial score (nSPS) is 15.8. The molecular formula is C19H19ClN4. The number of aromatic nitrogens is 2. The molecule has 0 saturated carbocycles. The van der Waals surface area contributed by atoms with Crippen LogP contribution in [0.4, 0.5) is 5.69 Å². The lowest BCUT2D eigenvalue weighted by molar-refractivity contribution is 0.250. The van der Waals surface area contributed by atoms with Gasteiger partial charge in [-0.05, 0) is 29.8 Å². The van der Waals surface area contributed by atoms with Gasteiger partial charge in [-0.25, -0.2) is 0 Å². The summed E-state index contributed by atoms with van der Waals surface area (Å²) in [5, 5.41) is 1.89. The molecule has 1 aromatic carbocycles. The quantitative estimate of drug-likeness (QED) is 0.730. The molecule has 1 fully saturated rings. The number of anilines is 1. The maximum absolute atomic E-state index is 5.96. The van der Waals surface area contributed by atoms with Gasteiger partial charge in [0.05, 0.1) is 17.4 Å². The monoisotopic (exact) mass is 338 g/mol. The Kier molecular flexibility index (Phi) is 4.32. The summed E-state index contributed by atoms with van der Waals surface area (Å²) >= 11 is 5.96. The fourth-order valence-corrected chi connectivity index (χ4v) is 3.34. The minimum Gasteiger partial charge on any atom is -0.366 e. The van der Waals surface area contributed by atoms with Crippen molar-refractivity contribution in [1.29, 1.82) is 0 Å². The first-order valence-corrected chi connectivity index (χ1v) is 8.58. The van der Waals surface area contributed by atoms with E-state index in [-0.39, 0.29) is 0 Å². The van der Waals surface area contributed by atoms with Crippen molar-refractivity contribution in [2.75, 3.05) is 31.1 Å². The molecule has 0 bridgehead atoms. The maximum Gasteiger partial charge on any atom is 0.0966 e. The van der Waals surface area contributed by atoms with Crippen LogP contribution in [-0.2, 0) is 6.54 Å². The van der Waals surface area contributed by atoms with E-state index in [1.807, 2.05) is 36.8 Å². The summed E-state index contributed by atoms with van der Waals surface area (Å²) in [6, 6.07) is 12.1. The van der Waals surface area contributed by atoms with E-state index in [1.54, 1.807) is 0 Å². The van der Waals surface area contributed by atoms with Gasteiger partial charge in [-0.1, -0.05) is 23.7 Å². The number of hydrogen-bond acceptors (Lipinski definition) is 4. The second-order valence-corrected chi connectivity index (χ2v) is 6.56. The second kappa shape index (κ2) is 6.75.